The maximum absolute atomic E-state index is 9.90. The van der Waals surface area contributed by atoms with Gasteiger partial charge in [0.25, 0.3) is 0 Å². The van der Waals surface area contributed by atoms with Gasteiger partial charge in [0.2, 0.25) is 0 Å². The van der Waals surface area contributed by atoms with E-state index in [9.17, 15) is 5.11 Å². The van der Waals surface area contributed by atoms with Crippen LogP contribution in [0.5, 0.6) is 5.75 Å². The molecule has 0 bridgehead atoms. The third-order valence-electron chi connectivity index (χ3n) is 2.33. The van der Waals surface area contributed by atoms with Gasteiger partial charge in [-0.2, -0.15) is 0 Å². The number of phenolic OH excluding ortho intramolecular Hbond substituents is 1. The second kappa shape index (κ2) is 3.44. The van der Waals surface area contributed by atoms with Crippen LogP contribution in [0.15, 0.2) is 6.07 Å². The molecule has 78 valence electrons. The van der Waals surface area contributed by atoms with Crippen molar-refractivity contribution in [3.05, 3.63) is 27.8 Å². The van der Waals surface area contributed by atoms with Gasteiger partial charge >= 0.3 is 0 Å². The van der Waals surface area contributed by atoms with Crippen molar-refractivity contribution in [1.82, 2.24) is 0 Å². The number of hydrogen-bond acceptors (Lipinski definition) is 2. The molecule has 0 radical (unpaired) electrons. The summed E-state index contributed by atoms with van der Waals surface area (Å²) in [7, 11) is 0. The Kier molecular flexibility index (Phi) is 2.79. The van der Waals surface area contributed by atoms with E-state index in [0.29, 0.717) is 5.02 Å². The van der Waals surface area contributed by atoms with Gasteiger partial charge in [-0.1, -0.05) is 11.6 Å². The van der Waals surface area contributed by atoms with Crippen molar-refractivity contribution in [2.24, 2.45) is 5.73 Å². The van der Waals surface area contributed by atoms with E-state index >= 15 is 0 Å². The van der Waals surface area contributed by atoms with Crippen molar-refractivity contribution in [3.63, 3.8) is 0 Å². The third-order valence-corrected chi connectivity index (χ3v) is 2.72. The molecule has 0 saturated carbocycles. The van der Waals surface area contributed by atoms with E-state index in [-0.39, 0.29) is 5.75 Å². The molecular weight excluding hydrogens is 198 g/mol. The van der Waals surface area contributed by atoms with Gasteiger partial charge in [0, 0.05) is 16.1 Å². The second-order valence-corrected chi connectivity index (χ2v) is 4.65. The zero-order valence-corrected chi connectivity index (χ0v) is 9.74. The second-order valence-electron chi connectivity index (χ2n) is 4.25. The predicted octanol–water partition coefficient (Wildman–Crippen LogP) is 2.86. The summed E-state index contributed by atoms with van der Waals surface area (Å²) >= 11 is 6.03. The predicted molar refractivity (Wildman–Crippen MR) is 59.8 cm³/mol. The van der Waals surface area contributed by atoms with Gasteiger partial charge in [0.1, 0.15) is 5.75 Å². The van der Waals surface area contributed by atoms with E-state index in [2.05, 4.69) is 0 Å². The number of nitrogens with two attached hydrogens (primary N) is 1. The lowest BCUT2D eigenvalue weighted by Gasteiger charge is -2.24. The van der Waals surface area contributed by atoms with Crippen LogP contribution in [0.25, 0.3) is 0 Å². The molecule has 0 heterocycles. The number of benzene rings is 1. The summed E-state index contributed by atoms with van der Waals surface area (Å²) in [4.78, 5) is 0. The molecule has 0 aliphatic rings. The Hall–Kier alpha value is -0.730. The Morgan fingerprint density at radius 2 is 1.86 bits per heavy atom. The monoisotopic (exact) mass is 213 g/mol. The van der Waals surface area contributed by atoms with E-state index in [1.807, 2.05) is 27.7 Å². The first-order valence-corrected chi connectivity index (χ1v) is 4.91. The summed E-state index contributed by atoms with van der Waals surface area (Å²) in [5, 5.41) is 10.5. The number of aryl methyl sites for hydroxylation is 1. The van der Waals surface area contributed by atoms with Crippen LogP contribution in [0, 0.1) is 13.8 Å². The molecule has 0 saturated heterocycles. The summed E-state index contributed by atoms with van der Waals surface area (Å²) in [5.41, 5.74) is 7.73. The summed E-state index contributed by atoms with van der Waals surface area (Å²) in [5.74, 6) is 0.249. The molecule has 1 aromatic rings. The Morgan fingerprint density at radius 3 is 2.29 bits per heavy atom. The molecule has 0 amide bonds. The number of halogens is 1. The maximum atomic E-state index is 9.90. The maximum Gasteiger partial charge on any atom is 0.123 e. The molecule has 1 rings (SSSR count). The average Bonchev–Trinajstić information content (AvgIpc) is 1.98. The molecule has 0 aliphatic heterocycles. The minimum absolute atomic E-state index is 0.249. The van der Waals surface area contributed by atoms with E-state index in [1.54, 1.807) is 6.07 Å². The molecule has 0 fully saturated rings. The number of rotatable bonds is 1. The molecule has 14 heavy (non-hydrogen) atoms. The van der Waals surface area contributed by atoms with Crippen molar-refractivity contribution in [2.75, 3.05) is 0 Å². The smallest absolute Gasteiger partial charge is 0.123 e. The lowest BCUT2D eigenvalue weighted by Crippen LogP contribution is -2.30. The summed E-state index contributed by atoms with van der Waals surface area (Å²) in [6.45, 7) is 7.39. The Bertz CT molecular complexity index is 340. The fourth-order valence-electron chi connectivity index (χ4n) is 1.65. The van der Waals surface area contributed by atoms with Crippen LogP contribution in [0.2, 0.25) is 5.02 Å². The third kappa shape index (κ3) is 1.86. The summed E-state index contributed by atoms with van der Waals surface area (Å²) in [6.07, 6.45) is 0. The Labute approximate surface area is 89.7 Å². The van der Waals surface area contributed by atoms with Gasteiger partial charge in [-0.05, 0) is 44.9 Å². The topological polar surface area (TPSA) is 46.2 Å². The van der Waals surface area contributed by atoms with Crippen LogP contribution >= 0.6 is 11.6 Å². The van der Waals surface area contributed by atoms with Crippen LogP contribution in [0.4, 0.5) is 0 Å². The molecule has 3 N–H and O–H groups in total. The van der Waals surface area contributed by atoms with Crippen molar-refractivity contribution >= 4 is 11.6 Å². The SMILES string of the molecule is Cc1cc(Cl)c(C)c(C(C)(C)N)c1O. The summed E-state index contributed by atoms with van der Waals surface area (Å²) < 4.78 is 0. The van der Waals surface area contributed by atoms with Gasteiger partial charge < -0.3 is 10.8 Å². The molecule has 3 heteroatoms. The van der Waals surface area contributed by atoms with Crippen molar-refractivity contribution in [3.8, 4) is 5.75 Å². The number of phenols is 1. The van der Waals surface area contributed by atoms with Crippen LogP contribution in [-0.4, -0.2) is 5.11 Å². The quantitative estimate of drug-likeness (QED) is 0.754. The molecule has 0 atom stereocenters. The van der Waals surface area contributed by atoms with Gasteiger partial charge in [0.05, 0.1) is 0 Å². The molecule has 0 unspecified atom stereocenters. The molecule has 0 aromatic heterocycles. The molecule has 1 aromatic carbocycles. The summed E-state index contributed by atoms with van der Waals surface area (Å²) in [6, 6.07) is 1.75. The van der Waals surface area contributed by atoms with E-state index in [1.165, 1.54) is 0 Å². The Balaban J connectivity index is 3.56. The highest BCUT2D eigenvalue weighted by Gasteiger charge is 2.23. The highest BCUT2D eigenvalue weighted by atomic mass is 35.5. The van der Waals surface area contributed by atoms with Crippen LogP contribution in [0.1, 0.15) is 30.5 Å². The molecular formula is C11H16ClNO. The van der Waals surface area contributed by atoms with E-state index < -0.39 is 5.54 Å². The first kappa shape index (κ1) is 11.3. The number of aromatic hydroxyl groups is 1. The first-order chi connectivity index (χ1) is 6.25. The van der Waals surface area contributed by atoms with Gasteiger partial charge in [-0.15, -0.1) is 0 Å². The molecule has 0 aliphatic carbocycles. The van der Waals surface area contributed by atoms with Crippen molar-refractivity contribution in [1.29, 1.82) is 0 Å². The molecule has 2 nitrogen and oxygen atoms in total. The van der Waals surface area contributed by atoms with Crippen molar-refractivity contribution in [2.45, 2.75) is 33.2 Å². The minimum atomic E-state index is -0.580. The van der Waals surface area contributed by atoms with Crippen LogP contribution in [0.3, 0.4) is 0 Å². The van der Waals surface area contributed by atoms with Crippen LogP contribution in [-0.2, 0) is 5.54 Å². The number of hydrogen-bond donors (Lipinski definition) is 2. The standard InChI is InChI=1S/C11H16ClNO/c1-6-5-8(12)7(2)9(10(6)14)11(3,4)13/h5,14H,13H2,1-4H3. The Morgan fingerprint density at radius 1 is 1.36 bits per heavy atom. The zero-order valence-electron chi connectivity index (χ0n) is 8.98. The average molecular weight is 214 g/mol. The minimum Gasteiger partial charge on any atom is -0.507 e. The normalized spacial score (nSPS) is 11.9. The highest BCUT2D eigenvalue weighted by Crippen LogP contribution is 2.36. The van der Waals surface area contributed by atoms with E-state index in [0.717, 1.165) is 16.7 Å². The lowest BCUT2D eigenvalue weighted by molar-refractivity contribution is 0.435. The largest absolute Gasteiger partial charge is 0.507 e. The van der Waals surface area contributed by atoms with Crippen LogP contribution < -0.4 is 5.73 Å². The van der Waals surface area contributed by atoms with Gasteiger partial charge in [-0.25, -0.2) is 0 Å². The van der Waals surface area contributed by atoms with Crippen molar-refractivity contribution < 1.29 is 5.11 Å². The fourth-order valence-corrected chi connectivity index (χ4v) is 1.91. The highest BCUT2D eigenvalue weighted by molar-refractivity contribution is 6.31. The zero-order chi connectivity index (χ0) is 11.1. The van der Waals surface area contributed by atoms with E-state index in [4.69, 9.17) is 17.3 Å². The fraction of sp³-hybridized carbons (Fsp3) is 0.455. The first-order valence-electron chi connectivity index (χ1n) is 4.53. The molecule has 0 spiro atoms. The lowest BCUT2D eigenvalue weighted by atomic mass is 9.89. The van der Waals surface area contributed by atoms with Gasteiger partial charge in [-0.3, -0.25) is 0 Å². The van der Waals surface area contributed by atoms with Gasteiger partial charge in [0.15, 0.2) is 0 Å².